The highest BCUT2D eigenvalue weighted by Crippen LogP contribution is 2.53. The van der Waals surface area contributed by atoms with E-state index in [1.165, 1.54) is 85.7 Å². The lowest BCUT2D eigenvalue weighted by Gasteiger charge is -2.14. The van der Waals surface area contributed by atoms with Crippen molar-refractivity contribution < 1.29 is 0 Å². The SMILES string of the molecule is c1ccc(-c2ccc3sc4ccc5c(c4c3c2)SC(c2ccc(-n3c4ccccc4c4ccc6ccccc6c43)cc2)N5)cc1. The molecule has 9 aromatic rings. The van der Waals surface area contributed by atoms with Crippen molar-refractivity contribution in [2.45, 2.75) is 10.3 Å². The molecule has 0 radical (unpaired) electrons. The van der Waals surface area contributed by atoms with Crippen LogP contribution in [-0.2, 0) is 0 Å². The van der Waals surface area contributed by atoms with Gasteiger partial charge in [-0.3, -0.25) is 0 Å². The van der Waals surface area contributed by atoms with Crippen LogP contribution in [0.4, 0.5) is 5.69 Å². The summed E-state index contributed by atoms with van der Waals surface area (Å²) in [4.78, 5) is 1.35. The van der Waals surface area contributed by atoms with E-state index < -0.39 is 0 Å². The number of anilines is 1. The van der Waals surface area contributed by atoms with Crippen molar-refractivity contribution in [1.29, 1.82) is 0 Å². The minimum absolute atomic E-state index is 0.158. The first-order valence-electron chi connectivity index (χ1n) is 15.3. The van der Waals surface area contributed by atoms with Crippen LogP contribution >= 0.6 is 23.1 Å². The highest BCUT2D eigenvalue weighted by Gasteiger charge is 2.27. The third-order valence-electron chi connectivity index (χ3n) is 9.23. The second kappa shape index (κ2) is 9.73. The molecule has 45 heavy (non-hydrogen) atoms. The molecule has 1 N–H and O–H groups in total. The number of para-hydroxylation sites is 1. The summed E-state index contributed by atoms with van der Waals surface area (Å²) in [6.45, 7) is 0. The Morgan fingerprint density at radius 3 is 2.22 bits per heavy atom. The first kappa shape index (κ1) is 25.3. The van der Waals surface area contributed by atoms with E-state index in [-0.39, 0.29) is 5.37 Å². The van der Waals surface area contributed by atoms with Crippen LogP contribution in [0.3, 0.4) is 0 Å². The number of thiophene rings is 1. The van der Waals surface area contributed by atoms with Gasteiger partial charge >= 0.3 is 0 Å². The van der Waals surface area contributed by atoms with E-state index in [2.05, 4.69) is 155 Å². The lowest BCUT2D eigenvalue weighted by Crippen LogP contribution is -2.02. The Kier molecular flexibility index (Phi) is 5.48. The lowest BCUT2D eigenvalue weighted by molar-refractivity contribution is 1.12. The van der Waals surface area contributed by atoms with Gasteiger partial charge in [-0.1, -0.05) is 115 Å². The number of benzene rings is 7. The first-order valence-corrected chi connectivity index (χ1v) is 17.0. The Morgan fingerprint density at radius 2 is 1.33 bits per heavy atom. The smallest absolute Gasteiger partial charge is 0.103 e. The summed E-state index contributed by atoms with van der Waals surface area (Å²) in [5.41, 5.74) is 8.71. The molecule has 0 fully saturated rings. The molecule has 3 heterocycles. The molecule has 1 atom stereocenters. The number of nitrogens with zero attached hydrogens (tertiary/aromatic N) is 1. The van der Waals surface area contributed by atoms with Crippen LogP contribution < -0.4 is 5.32 Å². The molecule has 0 saturated heterocycles. The molecule has 0 aliphatic carbocycles. The highest BCUT2D eigenvalue weighted by atomic mass is 32.2. The number of hydrogen-bond acceptors (Lipinski definition) is 3. The van der Waals surface area contributed by atoms with Gasteiger partial charge in [0.15, 0.2) is 0 Å². The molecule has 1 aliphatic rings. The standard InChI is InChI=1S/C41H26N2S2/c1-2-8-25(9-3-1)28-17-22-36-33(24-28)38-37(44-36)23-21-34-40(38)45-41(42-34)27-14-18-29(19-15-27)43-35-13-7-6-12-31(35)32-20-16-26-10-4-5-11-30(26)39(32)43/h1-24,41-42H. The fraction of sp³-hybridized carbons (Fsp3) is 0.0244. The van der Waals surface area contributed by atoms with Crippen molar-refractivity contribution in [3.05, 3.63) is 151 Å². The van der Waals surface area contributed by atoms with Crippen molar-refractivity contribution in [3.63, 3.8) is 0 Å². The van der Waals surface area contributed by atoms with Crippen molar-refractivity contribution >= 4 is 81.5 Å². The largest absolute Gasteiger partial charge is 0.368 e. The first-order chi connectivity index (χ1) is 22.3. The maximum atomic E-state index is 3.84. The molecular formula is C41H26N2S2. The molecule has 1 unspecified atom stereocenters. The summed E-state index contributed by atoms with van der Waals surface area (Å²) in [7, 11) is 0. The van der Waals surface area contributed by atoms with E-state index >= 15 is 0 Å². The van der Waals surface area contributed by atoms with Crippen LogP contribution in [0.5, 0.6) is 0 Å². The molecule has 10 rings (SSSR count). The molecule has 0 saturated carbocycles. The van der Waals surface area contributed by atoms with E-state index in [0.29, 0.717) is 0 Å². The Labute approximate surface area is 268 Å². The van der Waals surface area contributed by atoms with E-state index in [0.717, 1.165) is 0 Å². The monoisotopic (exact) mass is 610 g/mol. The minimum atomic E-state index is 0.158. The predicted octanol–water partition coefficient (Wildman–Crippen LogP) is 12.2. The Hall–Kier alpha value is -5.03. The van der Waals surface area contributed by atoms with Crippen molar-refractivity contribution in [1.82, 2.24) is 4.57 Å². The average Bonchev–Trinajstić information content (AvgIpc) is 3.80. The maximum absolute atomic E-state index is 3.84. The van der Waals surface area contributed by atoms with Crippen LogP contribution in [0.2, 0.25) is 0 Å². The van der Waals surface area contributed by atoms with Crippen LogP contribution in [0.15, 0.2) is 150 Å². The second-order valence-corrected chi connectivity index (χ2v) is 14.0. The van der Waals surface area contributed by atoms with Gasteiger partial charge in [-0.15, -0.1) is 11.3 Å². The number of thioether (sulfide) groups is 1. The van der Waals surface area contributed by atoms with Gasteiger partial charge in [-0.2, -0.15) is 0 Å². The number of nitrogens with one attached hydrogen (secondary N) is 1. The van der Waals surface area contributed by atoms with Crippen molar-refractivity contribution in [2.75, 3.05) is 5.32 Å². The van der Waals surface area contributed by atoms with Gasteiger partial charge < -0.3 is 9.88 Å². The van der Waals surface area contributed by atoms with Crippen molar-refractivity contribution in [3.8, 4) is 16.8 Å². The van der Waals surface area contributed by atoms with Crippen molar-refractivity contribution in [2.24, 2.45) is 0 Å². The molecule has 1 aliphatic heterocycles. The predicted molar refractivity (Wildman–Crippen MR) is 195 cm³/mol. The topological polar surface area (TPSA) is 17.0 Å². The average molecular weight is 611 g/mol. The van der Waals surface area contributed by atoms with Gasteiger partial charge in [0.25, 0.3) is 0 Å². The van der Waals surface area contributed by atoms with Crippen LogP contribution in [0.1, 0.15) is 10.9 Å². The molecule has 0 bridgehead atoms. The molecule has 2 nitrogen and oxygen atoms in total. The Balaban J connectivity index is 1.06. The van der Waals surface area contributed by atoms with Crippen LogP contribution in [0, 0.1) is 0 Å². The van der Waals surface area contributed by atoms with E-state index in [4.69, 9.17) is 0 Å². The minimum Gasteiger partial charge on any atom is -0.368 e. The fourth-order valence-electron chi connectivity index (χ4n) is 7.12. The summed E-state index contributed by atoms with van der Waals surface area (Å²) >= 11 is 3.83. The summed E-state index contributed by atoms with van der Waals surface area (Å²) in [5, 5.41) is 11.8. The molecule has 0 spiro atoms. The van der Waals surface area contributed by atoms with Gasteiger partial charge in [0, 0.05) is 52.6 Å². The van der Waals surface area contributed by atoms with Gasteiger partial charge in [0.2, 0.25) is 0 Å². The van der Waals surface area contributed by atoms with Crippen LogP contribution in [0.25, 0.3) is 69.6 Å². The highest BCUT2D eigenvalue weighted by molar-refractivity contribution is 8.00. The number of fused-ring (bicyclic) bond motifs is 10. The van der Waals surface area contributed by atoms with Gasteiger partial charge in [0.05, 0.1) is 11.0 Å². The zero-order valence-corrected chi connectivity index (χ0v) is 25.8. The van der Waals surface area contributed by atoms with Gasteiger partial charge in [-0.25, -0.2) is 0 Å². The third-order valence-corrected chi connectivity index (χ3v) is 11.7. The molecule has 212 valence electrons. The third kappa shape index (κ3) is 3.83. The van der Waals surface area contributed by atoms with Gasteiger partial charge in [0.1, 0.15) is 5.37 Å². The molecule has 0 amide bonds. The quantitative estimate of drug-likeness (QED) is 0.214. The fourth-order valence-corrected chi connectivity index (χ4v) is 9.59. The normalized spacial score (nSPS) is 14.5. The van der Waals surface area contributed by atoms with E-state index in [1.54, 1.807) is 0 Å². The molecular weight excluding hydrogens is 585 g/mol. The number of aromatic nitrogens is 1. The molecule has 4 heteroatoms. The number of hydrogen-bond donors (Lipinski definition) is 1. The maximum Gasteiger partial charge on any atom is 0.103 e. The summed E-state index contributed by atoms with van der Waals surface area (Å²) < 4.78 is 5.12. The summed E-state index contributed by atoms with van der Waals surface area (Å²) in [6.07, 6.45) is 0. The van der Waals surface area contributed by atoms with E-state index in [1.807, 2.05) is 23.1 Å². The van der Waals surface area contributed by atoms with Crippen LogP contribution in [-0.4, -0.2) is 4.57 Å². The zero-order valence-electron chi connectivity index (χ0n) is 24.2. The summed E-state index contributed by atoms with van der Waals surface area (Å²) in [6, 6.07) is 53.3. The lowest BCUT2D eigenvalue weighted by atomic mass is 10.0. The Morgan fingerprint density at radius 1 is 0.556 bits per heavy atom. The Bertz CT molecular complexity index is 2590. The number of rotatable bonds is 3. The second-order valence-electron chi connectivity index (χ2n) is 11.8. The molecule has 2 aromatic heterocycles. The van der Waals surface area contributed by atoms with E-state index in [9.17, 15) is 0 Å². The summed E-state index contributed by atoms with van der Waals surface area (Å²) in [5.74, 6) is 0. The van der Waals surface area contributed by atoms with Gasteiger partial charge in [-0.05, 0) is 64.5 Å². The molecule has 7 aromatic carbocycles. The zero-order chi connectivity index (χ0) is 29.5.